The van der Waals surface area contributed by atoms with Crippen molar-refractivity contribution in [2.75, 3.05) is 40.5 Å². The summed E-state index contributed by atoms with van der Waals surface area (Å²) in [5, 5.41) is 11.2. The normalized spacial score (nSPS) is 16.2. The number of Topliss-reactive ketones (excluding diaryl/α,β-unsaturated/α-hetero) is 1. The Hall–Kier alpha value is -3.83. The number of para-hydroxylation sites is 1. The lowest BCUT2D eigenvalue weighted by Gasteiger charge is -2.37. The summed E-state index contributed by atoms with van der Waals surface area (Å²) < 4.78 is 51.0. The van der Waals surface area contributed by atoms with Crippen molar-refractivity contribution < 1.29 is 46.7 Å². The Kier molecular flexibility index (Phi) is 13.7. The Morgan fingerprint density at radius 3 is 2.12 bits per heavy atom. The predicted molar refractivity (Wildman–Crippen MR) is 179 cm³/mol. The van der Waals surface area contributed by atoms with Gasteiger partial charge >= 0.3 is 11.9 Å². The first kappa shape index (κ1) is 38.6. The summed E-state index contributed by atoms with van der Waals surface area (Å²) >= 11 is 3.37. The smallest absolute Gasteiger partial charge is 0.321 e. The zero-order valence-electron chi connectivity index (χ0n) is 27.2. The van der Waals surface area contributed by atoms with Crippen LogP contribution in [0.15, 0.2) is 69.0 Å². The van der Waals surface area contributed by atoms with E-state index in [1.165, 1.54) is 0 Å². The zero-order chi connectivity index (χ0) is 35.6. The number of non-ortho nitro benzene ring substituents is 1. The van der Waals surface area contributed by atoms with Gasteiger partial charge in [-0.25, -0.2) is 13.4 Å². The fourth-order valence-electron chi connectivity index (χ4n) is 5.55. The topological polar surface area (TPSA) is 181 Å². The number of nitro groups is 1. The van der Waals surface area contributed by atoms with Crippen LogP contribution < -0.4 is 0 Å². The molecule has 0 spiro atoms. The van der Waals surface area contributed by atoms with Gasteiger partial charge in [0.1, 0.15) is 0 Å². The molecule has 0 fully saturated rings. The Morgan fingerprint density at radius 1 is 1.02 bits per heavy atom. The number of nitrogens with zero attached hydrogens (tertiary/aromatic N) is 3. The first-order valence-electron chi connectivity index (χ1n) is 15.0. The number of nitro benzene ring substituents is 1. The predicted octanol–water partition coefficient (Wildman–Crippen LogP) is 4.62. The molecule has 16 heteroatoms. The van der Waals surface area contributed by atoms with Crippen LogP contribution >= 0.6 is 15.9 Å². The van der Waals surface area contributed by atoms with E-state index in [9.17, 15) is 32.9 Å². The van der Waals surface area contributed by atoms with Gasteiger partial charge in [0.05, 0.1) is 47.3 Å². The second-order valence-electron chi connectivity index (χ2n) is 10.5. The molecule has 2 aromatic rings. The number of allylic oxidation sites excluding steroid dienone is 1. The number of carbonyl (C=O) groups is 3. The van der Waals surface area contributed by atoms with E-state index in [4.69, 9.17) is 18.9 Å². The van der Waals surface area contributed by atoms with Gasteiger partial charge in [-0.3, -0.25) is 24.5 Å². The monoisotopic (exact) mass is 751 g/mol. The molecule has 3 rings (SSSR count). The number of aliphatic imine (C=N–C) groups is 1. The average Bonchev–Trinajstić information content (AvgIpc) is 3.41. The number of halogens is 1. The molecule has 0 radical (unpaired) electrons. The molecule has 0 bridgehead atoms. The number of sulfonamides is 1. The molecule has 0 amide bonds. The molecule has 48 heavy (non-hydrogen) atoms. The van der Waals surface area contributed by atoms with Gasteiger partial charge in [-0.15, -0.1) is 0 Å². The Bertz CT molecular complexity index is 1660. The van der Waals surface area contributed by atoms with E-state index in [-0.39, 0.29) is 55.4 Å². The average molecular weight is 753 g/mol. The van der Waals surface area contributed by atoms with Crippen LogP contribution in [0.25, 0.3) is 0 Å². The van der Waals surface area contributed by atoms with E-state index in [1.54, 1.807) is 51.1 Å². The molecule has 0 unspecified atom stereocenters. The highest BCUT2D eigenvalue weighted by molar-refractivity contribution is 9.11. The van der Waals surface area contributed by atoms with Gasteiger partial charge < -0.3 is 18.9 Å². The molecule has 0 saturated heterocycles. The van der Waals surface area contributed by atoms with Gasteiger partial charge in [0.25, 0.3) is 5.69 Å². The number of hydrogen-bond acceptors (Lipinski definition) is 12. The molecule has 1 atom stereocenters. The maximum absolute atomic E-state index is 14.2. The van der Waals surface area contributed by atoms with Crippen LogP contribution in [0.1, 0.15) is 39.2 Å². The Labute approximate surface area is 287 Å². The number of ketones is 1. The third-order valence-corrected chi connectivity index (χ3v) is 10.4. The van der Waals surface area contributed by atoms with Crippen LogP contribution in [0.4, 0.5) is 11.4 Å². The molecule has 0 saturated carbocycles. The number of benzene rings is 2. The summed E-state index contributed by atoms with van der Waals surface area (Å²) in [4.78, 5) is 56.2. The van der Waals surface area contributed by atoms with E-state index in [2.05, 4.69) is 20.9 Å². The molecule has 1 aliphatic rings. The number of rotatable bonds is 18. The van der Waals surface area contributed by atoms with Gasteiger partial charge in [0.2, 0.25) is 10.0 Å². The highest BCUT2D eigenvalue weighted by Gasteiger charge is 2.58. The molecule has 14 nitrogen and oxygen atoms in total. The second kappa shape index (κ2) is 17.0. The van der Waals surface area contributed by atoms with Crippen molar-refractivity contribution in [3.05, 3.63) is 74.8 Å². The number of carbonyl (C=O) groups excluding carboxylic acids is 3. The molecule has 1 heterocycles. The first-order chi connectivity index (χ1) is 22.8. The summed E-state index contributed by atoms with van der Waals surface area (Å²) in [5.74, 6) is -4.42. The van der Waals surface area contributed by atoms with Crippen LogP contribution in [0.5, 0.6) is 0 Å². The molecule has 0 aromatic heterocycles. The second-order valence-corrected chi connectivity index (χ2v) is 13.4. The largest absolute Gasteiger partial charge is 0.468 e. The van der Waals surface area contributed by atoms with Gasteiger partial charge in [-0.1, -0.05) is 40.2 Å². The van der Waals surface area contributed by atoms with Crippen molar-refractivity contribution >= 4 is 60.8 Å². The molecule has 2 aromatic carbocycles. The van der Waals surface area contributed by atoms with Crippen LogP contribution in [0.2, 0.25) is 0 Å². The van der Waals surface area contributed by atoms with Crippen LogP contribution in [-0.4, -0.2) is 87.9 Å². The Balaban J connectivity index is 2.26. The lowest BCUT2D eigenvalue weighted by Crippen LogP contribution is -2.54. The van der Waals surface area contributed by atoms with E-state index < -0.39 is 50.3 Å². The molecular formula is C32H38BrN3O11S. The van der Waals surface area contributed by atoms with E-state index in [0.717, 1.165) is 42.8 Å². The molecule has 1 aliphatic heterocycles. The fraction of sp³-hybridized carbons (Fsp3) is 0.438. The van der Waals surface area contributed by atoms with E-state index >= 15 is 0 Å². The maximum atomic E-state index is 14.2. The van der Waals surface area contributed by atoms with Crippen LogP contribution in [-0.2, 0) is 48.8 Å². The Morgan fingerprint density at radius 2 is 1.60 bits per heavy atom. The first-order valence-corrected chi connectivity index (χ1v) is 17.2. The van der Waals surface area contributed by atoms with Crippen molar-refractivity contribution in [2.45, 2.75) is 50.2 Å². The molecule has 0 aliphatic carbocycles. The number of hydrogen-bond donors (Lipinski definition) is 0. The lowest BCUT2D eigenvalue weighted by atomic mass is 9.64. The minimum Gasteiger partial charge on any atom is -0.468 e. The number of esters is 2. The van der Waals surface area contributed by atoms with Crippen molar-refractivity contribution in [3.8, 4) is 0 Å². The van der Waals surface area contributed by atoms with Gasteiger partial charge in [0, 0.05) is 42.9 Å². The molecule has 260 valence electrons. The van der Waals surface area contributed by atoms with Crippen molar-refractivity contribution in [3.63, 3.8) is 0 Å². The summed E-state index contributed by atoms with van der Waals surface area (Å²) in [6.45, 7) is 5.08. The molecule has 0 N–H and O–H groups in total. The van der Waals surface area contributed by atoms with Gasteiger partial charge in [-0.05, 0) is 51.0 Å². The highest BCUT2D eigenvalue weighted by Crippen LogP contribution is 2.49. The SMILES string of the molecule is C/C=C(\Br)CN(CC[C@]1(C(C(=O)OC)C(=O)OC)C(C(=O)CC(OCC)OCC)=Nc2ccccc21)S(=O)(=O)c1ccc([N+](=O)[O-])cc1. The minimum absolute atomic E-state index is 0.188. The maximum Gasteiger partial charge on any atom is 0.321 e. The number of fused-ring (bicyclic) bond motifs is 1. The molecular weight excluding hydrogens is 714 g/mol. The lowest BCUT2D eigenvalue weighted by molar-refractivity contribution is -0.384. The third-order valence-electron chi connectivity index (χ3n) is 7.81. The highest BCUT2D eigenvalue weighted by atomic mass is 79.9. The van der Waals surface area contributed by atoms with E-state index in [0.29, 0.717) is 15.7 Å². The third kappa shape index (κ3) is 8.23. The quantitative estimate of drug-likeness (QED) is 0.0682. The number of ether oxygens (including phenoxy) is 4. The standard InChI is InChI=1S/C32H38BrN3O11S/c1-6-21(33)20-35(48(42,43)23-15-13-22(14-16-23)36(40)41)18-17-32(28(30(38)44-4)31(39)45-5)24-11-9-10-12-25(24)34-29(32)26(37)19-27(46-7-2)47-8-3/h6,9-16,27-28H,7-8,17-20H2,1-5H3/b21-6-/t32-/m0/s1. The van der Waals surface area contributed by atoms with Crippen molar-refractivity contribution in [2.24, 2.45) is 10.9 Å². The van der Waals surface area contributed by atoms with Crippen LogP contribution in [0.3, 0.4) is 0 Å². The van der Waals surface area contributed by atoms with E-state index in [1.807, 2.05) is 0 Å². The fourth-order valence-corrected chi connectivity index (χ4v) is 7.44. The van der Waals surface area contributed by atoms with Crippen molar-refractivity contribution in [1.29, 1.82) is 0 Å². The van der Waals surface area contributed by atoms with Gasteiger partial charge in [-0.2, -0.15) is 4.31 Å². The van der Waals surface area contributed by atoms with Crippen LogP contribution in [0, 0.1) is 16.0 Å². The summed E-state index contributed by atoms with van der Waals surface area (Å²) in [6, 6.07) is 10.9. The summed E-state index contributed by atoms with van der Waals surface area (Å²) in [7, 11) is -2.18. The summed E-state index contributed by atoms with van der Waals surface area (Å²) in [5.41, 5.74) is -1.74. The minimum atomic E-state index is -4.35. The number of methoxy groups -OCH3 is 2. The van der Waals surface area contributed by atoms with Gasteiger partial charge in [0.15, 0.2) is 18.0 Å². The summed E-state index contributed by atoms with van der Waals surface area (Å²) in [6.07, 6.45) is 0.0484. The zero-order valence-corrected chi connectivity index (χ0v) is 29.6. The van der Waals surface area contributed by atoms with Crippen molar-refractivity contribution in [1.82, 2.24) is 4.31 Å².